The van der Waals surface area contributed by atoms with Crippen molar-refractivity contribution in [1.29, 1.82) is 0 Å². The van der Waals surface area contributed by atoms with E-state index in [1.165, 1.54) is 0 Å². The molecule has 2 aromatic heterocycles. The van der Waals surface area contributed by atoms with Gasteiger partial charge in [-0.05, 0) is 62.3 Å². The van der Waals surface area contributed by atoms with Crippen molar-refractivity contribution in [3.63, 3.8) is 0 Å². The molecule has 6 rings (SSSR count). The molecule has 8 heteroatoms. The molecule has 4 aliphatic rings. The number of ketones is 1. The number of ether oxygens (including phenoxy) is 1. The predicted octanol–water partition coefficient (Wildman–Crippen LogP) is 4.44. The molecule has 2 saturated heterocycles. The van der Waals surface area contributed by atoms with Gasteiger partial charge in [0.1, 0.15) is 5.69 Å². The first-order valence-corrected chi connectivity index (χ1v) is 14.4. The number of rotatable bonds is 7. The van der Waals surface area contributed by atoms with Gasteiger partial charge in [0, 0.05) is 62.0 Å². The molecule has 8 nitrogen and oxygen atoms in total. The zero-order valence-electron chi connectivity index (χ0n) is 22.6. The molecule has 1 aliphatic carbocycles. The molecule has 202 valence electrons. The van der Waals surface area contributed by atoms with Crippen LogP contribution in [0, 0.1) is 11.8 Å². The van der Waals surface area contributed by atoms with Crippen LogP contribution in [-0.2, 0) is 9.53 Å². The smallest absolute Gasteiger partial charge is 0.229 e. The Bertz CT molecular complexity index is 1200. The molecule has 3 fully saturated rings. The predicted molar refractivity (Wildman–Crippen MR) is 148 cm³/mol. The average molecular weight is 518 g/mol. The third-order valence-electron chi connectivity index (χ3n) is 9.01. The lowest BCUT2D eigenvalue weighted by Gasteiger charge is -2.36. The van der Waals surface area contributed by atoms with E-state index >= 15 is 0 Å². The number of morpholine rings is 1. The van der Waals surface area contributed by atoms with Crippen LogP contribution in [0.4, 0.5) is 17.2 Å². The van der Waals surface area contributed by atoms with Gasteiger partial charge in [0.15, 0.2) is 11.6 Å². The summed E-state index contributed by atoms with van der Waals surface area (Å²) in [6.45, 7) is 9.29. The normalized spacial score (nSPS) is 25.4. The quantitative estimate of drug-likeness (QED) is 0.503. The van der Waals surface area contributed by atoms with Crippen LogP contribution in [0.1, 0.15) is 74.5 Å². The Labute approximate surface area is 225 Å². The first-order chi connectivity index (χ1) is 18.5. The lowest BCUT2D eigenvalue weighted by atomic mass is 9.95. The summed E-state index contributed by atoms with van der Waals surface area (Å²) in [5.41, 5.74) is 3.59. The van der Waals surface area contributed by atoms with Crippen LogP contribution < -0.4 is 14.7 Å². The minimum absolute atomic E-state index is 0.0242. The monoisotopic (exact) mass is 517 g/mol. The SMILES string of the molecule is CCC(CC(=O)N1c2nc(C(=O)C3CCC(C)C3)ccc2N2CCC1C2)c1cc(N2CCOCC2)ccn1. The number of nitrogens with zero attached hydrogens (tertiary/aromatic N) is 5. The van der Waals surface area contributed by atoms with E-state index < -0.39 is 0 Å². The second-order valence-electron chi connectivity index (χ2n) is 11.5. The summed E-state index contributed by atoms with van der Waals surface area (Å²) in [5.74, 6) is 1.54. The highest BCUT2D eigenvalue weighted by Crippen LogP contribution is 2.41. The summed E-state index contributed by atoms with van der Waals surface area (Å²) in [6.07, 6.45) is 6.96. The zero-order valence-corrected chi connectivity index (χ0v) is 22.6. The summed E-state index contributed by atoms with van der Waals surface area (Å²) < 4.78 is 5.51. The number of hydrogen-bond acceptors (Lipinski definition) is 7. The summed E-state index contributed by atoms with van der Waals surface area (Å²) in [5, 5.41) is 0. The van der Waals surface area contributed by atoms with Gasteiger partial charge in [0.05, 0.1) is 24.9 Å². The Hall–Kier alpha value is -3.00. The van der Waals surface area contributed by atoms with Crippen molar-refractivity contribution in [2.75, 3.05) is 54.1 Å². The van der Waals surface area contributed by atoms with Gasteiger partial charge in [-0.1, -0.05) is 13.8 Å². The highest BCUT2D eigenvalue weighted by molar-refractivity contribution is 6.01. The molecule has 1 amide bonds. The number of fused-ring (bicyclic) bond motifs is 4. The van der Waals surface area contributed by atoms with Crippen molar-refractivity contribution in [3.05, 3.63) is 41.9 Å². The number of carbonyl (C=O) groups is 2. The van der Waals surface area contributed by atoms with Gasteiger partial charge < -0.3 is 14.5 Å². The Kier molecular flexibility index (Phi) is 7.08. The minimum atomic E-state index is 0.0242. The number of amides is 1. The zero-order chi connectivity index (χ0) is 26.2. The Morgan fingerprint density at radius 3 is 2.68 bits per heavy atom. The maximum atomic E-state index is 14.0. The van der Waals surface area contributed by atoms with E-state index in [-0.39, 0.29) is 29.6 Å². The standard InChI is InChI=1S/C30H39N5O3/c1-3-21(26-18-23(8-10-31-26)33-12-14-38-15-13-33)17-28(36)35-24-9-11-34(19-24)27-7-6-25(32-30(27)35)29(37)22-5-4-20(2)16-22/h6-8,10,18,20-22,24H,3-5,9,11-17,19H2,1-2H3. The minimum Gasteiger partial charge on any atom is -0.378 e. The molecular weight excluding hydrogens is 478 g/mol. The first-order valence-electron chi connectivity index (χ1n) is 14.4. The fourth-order valence-corrected chi connectivity index (χ4v) is 6.77. The van der Waals surface area contributed by atoms with Crippen molar-refractivity contribution in [2.24, 2.45) is 11.8 Å². The van der Waals surface area contributed by atoms with Gasteiger partial charge in [-0.2, -0.15) is 0 Å². The van der Waals surface area contributed by atoms with E-state index in [0.29, 0.717) is 23.9 Å². The van der Waals surface area contributed by atoms with Crippen molar-refractivity contribution < 1.29 is 14.3 Å². The molecule has 0 aromatic carbocycles. The van der Waals surface area contributed by atoms with Crippen LogP contribution in [0.2, 0.25) is 0 Å². The molecule has 3 aliphatic heterocycles. The highest BCUT2D eigenvalue weighted by Gasteiger charge is 2.41. The van der Waals surface area contributed by atoms with E-state index in [1.807, 2.05) is 29.3 Å². The number of Topliss-reactive ketones (excluding diaryl/α,β-unsaturated/α-hetero) is 1. The second kappa shape index (κ2) is 10.6. The molecule has 1 saturated carbocycles. The van der Waals surface area contributed by atoms with Crippen molar-refractivity contribution >= 4 is 28.9 Å². The first kappa shape index (κ1) is 25.3. The molecule has 0 spiro atoms. The van der Waals surface area contributed by atoms with Crippen LogP contribution in [0.25, 0.3) is 0 Å². The van der Waals surface area contributed by atoms with Crippen LogP contribution in [0.15, 0.2) is 30.5 Å². The summed E-state index contributed by atoms with van der Waals surface area (Å²) in [4.78, 5) is 43.4. The maximum absolute atomic E-state index is 14.0. The summed E-state index contributed by atoms with van der Waals surface area (Å²) >= 11 is 0. The topological polar surface area (TPSA) is 78.9 Å². The Morgan fingerprint density at radius 2 is 1.92 bits per heavy atom. The number of hydrogen-bond donors (Lipinski definition) is 0. The molecule has 38 heavy (non-hydrogen) atoms. The van der Waals surface area contributed by atoms with Gasteiger partial charge in [-0.25, -0.2) is 4.98 Å². The van der Waals surface area contributed by atoms with Gasteiger partial charge in [0.25, 0.3) is 0 Å². The van der Waals surface area contributed by atoms with Gasteiger partial charge in [-0.15, -0.1) is 0 Å². The number of aromatic nitrogens is 2. The van der Waals surface area contributed by atoms with E-state index in [9.17, 15) is 9.59 Å². The summed E-state index contributed by atoms with van der Waals surface area (Å²) in [6, 6.07) is 8.18. The van der Waals surface area contributed by atoms with Crippen LogP contribution in [0.3, 0.4) is 0 Å². The molecule has 4 atom stereocenters. The number of carbonyl (C=O) groups excluding carboxylic acids is 2. The highest BCUT2D eigenvalue weighted by atomic mass is 16.5. The molecule has 0 N–H and O–H groups in total. The molecular formula is C30H39N5O3. The molecule has 4 unspecified atom stereocenters. The fourth-order valence-electron chi connectivity index (χ4n) is 6.77. The summed E-state index contributed by atoms with van der Waals surface area (Å²) in [7, 11) is 0. The molecule has 5 heterocycles. The van der Waals surface area contributed by atoms with Gasteiger partial charge in [0.2, 0.25) is 5.91 Å². The van der Waals surface area contributed by atoms with Gasteiger partial charge >= 0.3 is 0 Å². The number of anilines is 3. The lowest BCUT2D eigenvalue weighted by molar-refractivity contribution is -0.119. The number of pyridine rings is 2. The van der Waals surface area contributed by atoms with E-state index in [1.54, 1.807) is 0 Å². The molecule has 2 aromatic rings. The molecule has 0 radical (unpaired) electrons. The van der Waals surface area contributed by atoms with Crippen LogP contribution in [0.5, 0.6) is 0 Å². The fraction of sp³-hybridized carbons (Fsp3) is 0.600. The Balaban J connectivity index is 1.25. The molecule has 2 bridgehead atoms. The maximum Gasteiger partial charge on any atom is 0.229 e. The average Bonchev–Trinajstić information content (AvgIpc) is 3.58. The van der Waals surface area contributed by atoms with Crippen LogP contribution in [-0.4, -0.2) is 67.1 Å². The Morgan fingerprint density at radius 1 is 1.08 bits per heavy atom. The largest absolute Gasteiger partial charge is 0.378 e. The van der Waals surface area contributed by atoms with Crippen LogP contribution >= 0.6 is 0 Å². The van der Waals surface area contributed by atoms with E-state index in [4.69, 9.17) is 9.72 Å². The van der Waals surface area contributed by atoms with Crippen molar-refractivity contribution in [3.8, 4) is 0 Å². The third kappa shape index (κ3) is 4.79. The van der Waals surface area contributed by atoms with E-state index in [2.05, 4.69) is 34.7 Å². The van der Waals surface area contributed by atoms with Crippen molar-refractivity contribution in [2.45, 2.75) is 64.3 Å². The van der Waals surface area contributed by atoms with E-state index in [0.717, 1.165) is 88.6 Å². The second-order valence-corrected chi connectivity index (χ2v) is 11.5. The van der Waals surface area contributed by atoms with Gasteiger partial charge in [-0.3, -0.25) is 19.5 Å². The lowest BCUT2D eigenvalue weighted by Crippen LogP contribution is -2.47. The van der Waals surface area contributed by atoms with Crippen molar-refractivity contribution in [1.82, 2.24) is 9.97 Å². The third-order valence-corrected chi connectivity index (χ3v) is 9.01.